The van der Waals surface area contributed by atoms with E-state index in [2.05, 4.69) is 14.9 Å². The highest BCUT2D eigenvalue weighted by molar-refractivity contribution is 5.76. The van der Waals surface area contributed by atoms with E-state index in [-0.39, 0.29) is 17.3 Å². The van der Waals surface area contributed by atoms with E-state index in [4.69, 9.17) is 20.9 Å². The Morgan fingerprint density at radius 2 is 1.75 bits per heavy atom. The Morgan fingerprint density at radius 1 is 1.07 bits per heavy atom. The summed E-state index contributed by atoms with van der Waals surface area (Å²) in [6.45, 7) is 11.5. The van der Waals surface area contributed by atoms with E-state index in [1.54, 1.807) is 13.0 Å². The van der Waals surface area contributed by atoms with Crippen LogP contribution in [-0.4, -0.2) is 58.8 Å². The molecule has 0 bridgehead atoms. The summed E-state index contributed by atoms with van der Waals surface area (Å²) in [6, 6.07) is 11.4. The number of benzene rings is 2. The lowest BCUT2D eigenvalue weighted by Crippen LogP contribution is -2.25. The van der Waals surface area contributed by atoms with E-state index in [1.807, 2.05) is 51.1 Å². The molecule has 216 valence electrons. The molecule has 4 rings (SSSR count). The van der Waals surface area contributed by atoms with Crippen LogP contribution in [-0.2, 0) is 11.2 Å². The smallest absolute Gasteiger partial charge is 0.306 e. The molecule has 0 aliphatic carbocycles. The highest BCUT2D eigenvalue weighted by Gasteiger charge is 2.18. The molecule has 3 aromatic rings. The van der Waals surface area contributed by atoms with E-state index in [0.29, 0.717) is 36.7 Å². The molecule has 0 amide bonds. The summed E-state index contributed by atoms with van der Waals surface area (Å²) in [5, 5.41) is 9.52. The Bertz CT molecular complexity index is 1350. The molecule has 0 saturated carbocycles. The van der Waals surface area contributed by atoms with Crippen LogP contribution >= 0.6 is 0 Å². The van der Waals surface area contributed by atoms with Crippen molar-refractivity contribution in [1.82, 2.24) is 14.9 Å². The van der Waals surface area contributed by atoms with Crippen molar-refractivity contribution in [1.29, 1.82) is 0 Å². The third-order valence-corrected chi connectivity index (χ3v) is 6.73. The molecule has 2 aromatic carbocycles. The van der Waals surface area contributed by atoms with Gasteiger partial charge in [0.15, 0.2) is 5.82 Å². The summed E-state index contributed by atoms with van der Waals surface area (Å²) in [7, 11) is 0. The summed E-state index contributed by atoms with van der Waals surface area (Å²) < 4.78 is 12.0. The molecule has 1 aliphatic rings. The number of nitrogens with one attached hydrogen (secondary N) is 1. The molecule has 2 heterocycles. The van der Waals surface area contributed by atoms with Crippen LogP contribution in [0.4, 0.5) is 11.5 Å². The first-order chi connectivity index (χ1) is 19.3. The number of anilines is 2. The van der Waals surface area contributed by atoms with Gasteiger partial charge in [0.05, 0.1) is 18.1 Å². The fourth-order valence-corrected chi connectivity index (χ4v) is 4.57. The van der Waals surface area contributed by atoms with Gasteiger partial charge < -0.3 is 31.0 Å². The van der Waals surface area contributed by atoms with Gasteiger partial charge in [-0.15, -0.1) is 0 Å². The Morgan fingerprint density at radius 3 is 2.40 bits per heavy atom. The van der Waals surface area contributed by atoms with Gasteiger partial charge in [-0.05, 0) is 80.2 Å². The SMILES string of the molecule is CC.CCOc1cc(-c2ccc(OCCN3CCCC3)c(CC(C)C(=O)O)c2)ccc1-c1nc(N)c(N)c(=O)[nH]1. The number of likely N-dealkylation sites (tertiary alicyclic amines) is 1. The molecule has 0 spiro atoms. The zero-order chi connectivity index (χ0) is 29.2. The number of nitrogens with two attached hydrogens (primary N) is 2. The van der Waals surface area contributed by atoms with Crippen LogP contribution in [0.15, 0.2) is 41.2 Å². The maximum Gasteiger partial charge on any atom is 0.306 e. The summed E-state index contributed by atoms with van der Waals surface area (Å²) in [4.78, 5) is 33.0. The third-order valence-electron chi connectivity index (χ3n) is 6.73. The molecular weight excluding hydrogens is 510 g/mol. The van der Waals surface area contributed by atoms with E-state index in [1.165, 1.54) is 12.8 Å². The molecule has 1 saturated heterocycles. The van der Waals surface area contributed by atoms with E-state index in [9.17, 15) is 14.7 Å². The average Bonchev–Trinajstić information content (AvgIpc) is 3.47. The van der Waals surface area contributed by atoms with Crippen LogP contribution in [0.25, 0.3) is 22.5 Å². The summed E-state index contributed by atoms with van der Waals surface area (Å²) in [6.07, 6.45) is 2.78. The van der Waals surface area contributed by atoms with Gasteiger partial charge in [0.25, 0.3) is 5.56 Å². The summed E-state index contributed by atoms with van der Waals surface area (Å²) >= 11 is 0. The number of carbonyl (C=O) groups is 1. The number of aliphatic carboxylic acids is 1. The molecule has 0 radical (unpaired) electrons. The van der Waals surface area contributed by atoms with Gasteiger partial charge in [0.1, 0.15) is 29.6 Å². The van der Waals surface area contributed by atoms with Crippen molar-refractivity contribution < 1.29 is 19.4 Å². The van der Waals surface area contributed by atoms with Crippen LogP contribution < -0.4 is 26.5 Å². The number of aromatic nitrogens is 2. The van der Waals surface area contributed by atoms with Crippen molar-refractivity contribution in [2.24, 2.45) is 5.92 Å². The van der Waals surface area contributed by atoms with Crippen LogP contribution in [0.3, 0.4) is 0 Å². The molecule has 1 atom stereocenters. The Hall–Kier alpha value is -4.05. The molecule has 1 unspecified atom stereocenters. The number of hydrogen-bond donors (Lipinski definition) is 4. The number of nitrogens with zero attached hydrogens (tertiary/aromatic N) is 2. The van der Waals surface area contributed by atoms with Crippen molar-refractivity contribution in [3.8, 4) is 34.0 Å². The lowest BCUT2D eigenvalue weighted by molar-refractivity contribution is -0.141. The number of hydrogen-bond acceptors (Lipinski definition) is 8. The average molecular weight is 552 g/mol. The highest BCUT2D eigenvalue weighted by atomic mass is 16.5. The van der Waals surface area contributed by atoms with Crippen molar-refractivity contribution in [2.45, 2.75) is 47.0 Å². The number of carboxylic acid groups (broad SMARTS) is 1. The number of aromatic amines is 1. The fourth-order valence-electron chi connectivity index (χ4n) is 4.57. The number of nitrogen functional groups attached to an aromatic ring is 2. The van der Waals surface area contributed by atoms with Gasteiger partial charge in [0.2, 0.25) is 0 Å². The Kier molecular flexibility index (Phi) is 11.0. The van der Waals surface area contributed by atoms with Crippen molar-refractivity contribution in [3.63, 3.8) is 0 Å². The predicted molar refractivity (Wildman–Crippen MR) is 159 cm³/mol. The number of carboxylic acids is 1. The third kappa shape index (κ3) is 7.53. The Labute approximate surface area is 235 Å². The first-order valence-electron chi connectivity index (χ1n) is 13.9. The van der Waals surface area contributed by atoms with Crippen LogP contribution in [0.2, 0.25) is 0 Å². The molecule has 6 N–H and O–H groups in total. The van der Waals surface area contributed by atoms with Gasteiger partial charge in [-0.2, -0.15) is 0 Å². The maximum absolute atomic E-state index is 12.1. The van der Waals surface area contributed by atoms with Crippen LogP contribution in [0, 0.1) is 5.92 Å². The minimum Gasteiger partial charge on any atom is -0.493 e. The lowest BCUT2D eigenvalue weighted by atomic mass is 9.95. The van der Waals surface area contributed by atoms with Gasteiger partial charge in [-0.25, -0.2) is 4.98 Å². The second-order valence-electron chi connectivity index (χ2n) is 9.52. The zero-order valence-electron chi connectivity index (χ0n) is 23.8. The summed E-state index contributed by atoms with van der Waals surface area (Å²) in [5.41, 5.74) is 14.0. The first kappa shape index (κ1) is 30.5. The monoisotopic (exact) mass is 551 g/mol. The lowest BCUT2D eigenvalue weighted by Gasteiger charge is -2.18. The second-order valence-corrected chi connectivity index (χ2v) is 9.52. The second kappa shape index (κ2) is 14.4. The standard InChI is InChI=1S/C28H35N5O5.C2H6/c1-3-37-23-16-19(6-8-21(23)26-31-25(30)24(29)27(34)32-26)18-7-9-22(20(15-18)14-17(2)28(35)36)38-13-12-33-10-4-5-11-33;1-2/h6-9,15-17H,3-5,10-14,29H2,1-2H3,(H,35,36)(H3,30,31,32,34);1-2H3. The fraction of sp³-hybridized carbons (Fsp3) is 0.433. The Balaban J connectivity index is 0.00000216. The molecule has 1 aliphatic heterocycles. The van der Waals surface area contributed by atoms with E-state index < -0.39 is 17.4 Å². The quantitative estimate of drug-likeness (QED) is 0.271. The van der Waals surface area contributed by atoms with Crippen molar-refractivity contribution in [3.05, 3.63) is 52.3 Å². The molecule has 1 fully saturated rings. The minimum atomic E-state index is -0.856. The van der Waals surface area contributed by atoms with Gasteiger partial charge >= 0.3 is 5.97 Å². The first-order valence-corrected chi connectivity index (χ1v) is 13.9. The molecule has 40 heavy (non-hydrogen) atoms. The van der Waals surface area contributed by atoms with Crippen molar-refractivity contribution >= 4 is 17.5 Å². The number of ether oxygens (including phenoxy) is 2. The normalized spacial score (nSPS) is 13.8. The van der Waals surface area contributed by atoms with Crippen molar-refractivity contribution in [2.75, 3.05) is 44.3 Å². The van der Waals surface area contributed by atoms with E-state index in [0.717, 1.165) is 36.3 Å². The predicted octanol–water partition coefficient (Wildman–Crippen LogP) is 4.43. The molecular formula is C30H41N5O5. The minimum absolute atomic E-state index is 0.0483. The largest absolute Gasteiger partial charge is 0.493 e. The van der Waals surface area contributed by atoms with Crippen LogP contribution in [0.1, 0.15) is 46.1 Å². The number of rotatable bonds is 11. The zero-order valence-corrected chi connectivity index (χ0v) is 23.8. The van der Waals surface area contributed by atoms with Gasteiger partial charge in [-0.3, -0.25) is 14.5 Å². The topological polar surface area (TPSA) is 157 Å². The van der Waals surface area contributed by atoms with Gasteiger partial charge in [-0.1, -0.05) is 32.9 Å². The maximum atomic E-state index is 12.1. The van der Waals surface area contributed by atoms with E-state index >= 15 is 0 Å². The van der Waals surface area contributed by atoms with Crippen LogP contribution in [0.5, 0.6) is 11.5 Å². The molecule has 10 nitrogen and oxygen atoms in total. The highest BCUT2D eigenvalue weighted by Crippen LogP contribution is 2.35. The summed E-state index contributed by atoms with van der Waals surface area (Å²) in [5.74, 6) is 0.00448. The molecule has 10 heteroatoms. The number of H-pyrrole nitrogens is 1. The molecule has 1 aromatic heterocycles. The van der Waals surface area contributed by atoms with Gasteiger partial charge in [0, 0.05) is 6.54 Å².